The van der Waals surface area contributed by atoms with Gasteiger partial charge in [-0.15, -0.1) is 11.3 Å². The van der Waals surface area contributed by atoms with Crippen molar-refractivity contribution >= 4 is 34.0 Å². The van der Waals surface area contributed by atoms with E-state index in [-0.39, 0.29) is 0 Å². The van der Waals surface area contributed by atoms with Crippen LogP contribution < -0.4 is 5.32 Å². The summed E-state index contributed by atoms with van der Waals surface area (Å²) in [5.41, 5.74) is 1.99. The van der Waals surface area contributed by atoms with Crippen LogP contribution in [0, 0.1) is 0 Å². The highest BCUT2D eigenvalue weighted by atomic mass is 32.1. The largest absolute Gasteiger partial charge is 0.325 e. The van der Waals surface area contributed by atoms with Crippen LogP contribution in [0.5, 0.6) is 0 Å². The van der Waals surface area contributed by atoms with Crippen LogP contribution in [0.25, 0.3) is 21.7 Å². The second-order valence-electron chi connectivity index (χ2n) is 7.16. The van der Waals surface area contributed by atoms with Gasteiger partial charge < -0.3 is 9.88 Å². The summed E-state index contributed by atoms with van der Waals surface area (Å²) >= 11 is 1.65. The van der Waals surface area contributed by atoms with Gasteiger partial charge in [0.25, 0.3) is 0 Å². The third-order valence-corrected chi connectivity index (χ3v) is 5.68. The standard InChI is InChI=1S/C21H25N7S/c1-5-7-20-24-12-16(29-20)21-22-9-8-17(27-21)26-18-10-15-14(11-23-18)25-19(6-2)28(15)13(3)4/h8-13H,5-7H2,1-4H3,(H,22,23,26,27). The topological polar surface area (TPSA) is 81.4 Å². The second-order valence-corrected chi connectivity index (χ2v) is 8.28. The molecule has 0 unspecified atom stereocenters. The van der Waals surface area contributed by atoms with Crippen molar-refractivity contribution in [2.75, 3.05) is 5.32 Å². The van der Waals surface area contributed by atoms with Crippen LogP contribution in [0.2, 0.25) is 0 Å². The van der Waals surface area contributed by atoms with Gasteiger partial charge in [-0.1, -0.05) is 13.8 Å². The van der Waals surface area contributed by atoms with Crippen molar-refractivity contribution in [1.29, 1.82) is 0 Å². The van der Waals surface area contributed by atoms with E-state index >= 15 is 0 Å². The third-order valence-electron chi connectivity index (χ3n) is 4.63. The average molecular weight is 408 g/mol. The van der Waals surface area contributed by atoms with Crippen molar-refractivity contribution in [3.05, 3.63) is 41.6 Å². The normalized spacial score (nSPS) is 11.5. The molecule has 29 heavy (non-hydrogen) atoms. The monoisotopic (exact) mass is 407 g/mol. The summed E-state index contributed by atoms with van der Waals surface area (Å²) < 4.78 is 2.26. The number of anilines is 2. The molecule has 0 saturated carbocycles. The summed E-state index contributed by atoms with van der Waals surface area (Å²) in [6.07, 6.45) is 8.38. The van der Waals surface area contributed by atoms with Crippen molar-refractivity contribution in [2.24, 2.45) is 0 Å². The van der Waals surface area contributed by atoms with Gasteiger partial charge in [0.05, 0.1) is 21.6 Å². The van der Waals surface area contributed by atoms with E-state index in [0.29, 0.717) is 17.7 Å². The minimum atomic E-state index is 0.333. The Morgan fingerprint density at radius 3 is 2.69 bits per heavy atom. The zero-order valence-corrected chi connectivity index (χ0v) is 18.0. The number of hydrogen-bond donors (Lipinski definition) is 1. The molecule has 4 rings (SSSR count). The number of rotatable bonds is 7. The number of nitrogens with zero attached hydrogens (tertiary/aromatic N) is 6. The Morgan fingerprint density at radius 2 is 1.93 bits per heavy atom. The fraction of sp³-hybridized carbons (Fsp3) is 0.381. The molecule has 0 aliphatic carbocycles. The van der Waals surface area contributed by atoms with Crippen LogP contribution >= 0.6 is 11.3 Å². The van der Waals surface area contributed by atoms with E-state index in [9.17, 15) is 0 Å². The summed E-state index contributed by atoms with van der Waals surface area (Å²) in [7, 11) is 0. The quantitative estimate of drug-likeness (QED) is 0.454. The molecule has 150 valence electrons. The Balaban J connectivity index is 1.63. The van der Waals surface area contributed by atoms with Crippen molar-refractivity contribution in [1.82, 2.24) is 29.5 Å². The van der Waals surface area contributed by atoms with Crippen LogP contribution in [0.1, 0.15) is 51.0 Å². The van der Waals surface area contributed by atoms with Gasteiger partial charge in [0.2, 0.25) is 0 Å². The molecule has 0 bridgehead atoms. The summed E-state index contributed by atoms with van der Waals surface area (Å²) in [5.74, 6) is 3.20. The lowest BCUT2D eigenvalue weighted by Crippen LogP contribution is -2.05. The molecule has 0 fully saturated rings. The zero-order valence-electron chi connectivity index (χ0n) is 17.2. The molecule has 4 heterocycles. The van der Waals surface area contributed by atoms with Crippen LogP contribution in [-0.2, 0) is 12.8 Å². The predicted octanol–water partition coefficient (Wildman–Crippen LogP) is 5.18. The van der Waals surface area contributed by atoms with E-state index in [1.54, 1.807) is 17.5 Å². The average Bonchev–Trinajstić information content (AvgIpc) is 3.32. The van der Waals surface area contributed by atoms with E-state index in [1.165, 1.54) is 0 Å². The van der Waals surface area contributed by atoms with E-state index in [1.807, 2.05) is 24.5 Å². The lowest BCUT2D eigenvalue weighted by Gasteiger charge is -2.12. The fourth-order valence-corrected chi connectivity index (χ4v) is 4.32. The van der Waals surface area contributed by atoms with Gasteiger partial charge in [-0.2, -0.15) is 0 Å². The molecule has 0 aliphatic rings. The van der Waals surface area contributed by atoms with E-state index in [0.717, 1.165) is 51.8 Å². The number of aromatic nitrogens is 6. The van der Waals surface area contributed by atoms with Gasteiger partial charge in [0.15, 0.2) is 5.82 Å². The van der Waals surface area contributed by atoms with Gasteiger partial charge in [-0.05, 0) is 32.8 Å². The minimum absolute atomic E-state index is 0.333. The van der Waals surface area contributed by atoms with E-state index in [4.69, 9.17) is 4.98 Å². The van der Waals surface area contributed by atoms with Gasteiger partial charge in [0.1, 0.15) is 23.0 Å². The smallest absolute Gasteiger partial charge is 0.173 e. The van der Waals surface area contributed by atoms with Crippen molar-refractivity contribution < 1.29 is 0 Å². The SMILES string of the molecule is CCCc1ncc(-c2nccc(Nc3cc4c(cn3)nc(CC)n4C(C)C)n2)s1. The minimum Gasteiger partial charge on any atom is -0.325 e. The maximum Gasteiger partial charge on any atom is 0.173 e. The first-order chi connectivity index (χ1) is 14.1. The summed E-state index contributed by atoms with van der Waals surface area (Å²) in [5, 5.41) is 4.43. The van der Waals surface area contributed by atoms with Crippen LogP contribution in [0.4, 0.5) is 11.6 Å². The molecule has 0 spiro atoms. The summed E-state index contributed by atoms with van der Waals surface area (Å²) in [4.78, 5) is 23.7. The van der Waals surface area contributed by atoms with Crippen LogP contribution in [0.15, 0.2) is 30.7 Å². The maximum atomic E-state index is 4.71. The highest BCUT2D eigenvalue weighted by Crippen LogP contribution is 2.27. The molecule has 4 aromatic heterocycles. The first-order valence-corrected chi connectivity index (χ1v) is 10.8. The number of aryl methyl sites for hydroxylation is 2. The van der Waals surface area contributed by atoms with Gasteiger partial charge >= 0.3 is 0 Å². The Kier molecular flexibility index (Phi) is 5.53. The zero-order chi connectivity index (χ0) is 20.4. The van der Waals surface area contributed by atoms with Gasteiger partial charge in [-0.25, -0.2) is 24.9 Å². The maximum absolute atomic E-state index is 4.71. The number of pyridine rings is 1. The number of nitrogens with one attached hydrogen (secondary N) is 1. The molecule has 0 saturated heterocycles. The Hall–Kier alpha value is -2.87. The van der Waals surface area contributed by atoms with Crippen molar-refractivity contribution in [2.45, 2.75) is 53.0 Å². The lowest BCUT2D eigenvalue weighted by molar-refractivity contribution is 0.588. The second kappa shape index (κ2) is 8.24. The first-order valence-electron chi connectivity index (χ1n) is 10.0. The number of imidazole rings is 1. The number of fused-ring (bicyclic) bond motifs is 1. The fourth-order valence-electron chi connectivity index (χ4n) is 3.36. The summed E-state index contributed by atoms with van der Waals surface area (Å²) in [6, 6.07) is 4.22. The molecule has 0 atom stereocenters. The lowest BCUT2D eigenvalue weighted by atomic mass is 10.3. The molecule has 0 radical (unpaired) electrons. The van der Waals surface area contributed by atoms with Gasteiger partial charge in [0, 0.05) is 30.9 Å². The van der Waals surface area contributed by atoms with Crippen LogP contribution in [-0.4, -0.2) is 29.5 Å². The van der Waals surface area contributed by atoms with Crippen molar-refractivity contribution in [3.8, 4) is 10.7 Å². The number of hydrogen-bond acceptors (Lipinski definition) is 7. The van der Waals surface area contributed by atoms with E-state index < -0.39 is 0 Å². The molecule has 8 heteroatoms. The Morgan fingerprint density at radius 1 is 1.07 bits per heavy atom. The molecule has 7 nitrogen and oxygen atoms in total. The van der Waals surface area contributed by atoms with Crippen molar-refractivity contribution in [3.63, 3.8) is 0 Å². The predicted molar refractivity (Wildman–Crippen MR) is 118 cm³/mol. The molecule has 1 N–H and O–H groups in total. The first kappa shape index (κ1) is 19.4. The molecular formula is C21H25N7S. The summed E-state index contributed by atoms with van der Waals surface area (Å²) in [6.45, 7) is 8.62. The molecule has 0 aromatic carbocycles. The van der Waals surface area contributed by atoms with Gasteiger partial charge in [-0.3, -0.25) is 0 Å². The molecule has 4 aromatic rings. The highest BCUT2D eigenvalue weighted by molar-refractivity contribution is 7.15. The highest BCUT2D eigenvalue weighted by Gasteiger charge is 2.14. The Labute approximate surface area is 174 Å². The molecule has 0 aliphatic heterocycles. The van der Waals surface area contributed by atoms with E-state index in [2.05, 4.69) is 57.5 Å². The Bertz CT molecular complexity index is 1130. The molecular weight excluding hydrogens is 382 g/mol. The number of thiazole rings is 1. The third kappa shape index (κ3) is 3.98. The molecule has 0 amide bonds. The van der Waals surface area contributed by atoms with Crippen LogP contribution in [0.3, 0.4) is 0 Å².